The first-order valence-electron chi connectivity index (χ1n) is 7.10. The molecule has 0 spiro atoms. The number of nitrogens with zero attached hydrogens (tertiary/aromatic N) is 1. The highest BCUT2D eigenvalue weighted by atomic mass is 79.9. The maximum absolute atomic E-state index is 3.69. The summed E-state index contributed by atoms with van der Waals surface area (Å²) in [7, 11) is 2.32. The van der Waals surface area contributed by atoms with Gasteiger partial charge in [-0.25, -0.2) is 0 Å². The molecule has 0 amide bonds. The van der Waals surface area contributed by atoms with Gasteiger partial charge in [0.05, 0.1) is 0 Å². The Morgan fingerprint density at radius 2 is 1.94 bits per heavy atom. The van der Waals surface area contributed by atoms with Crippen LogP contribution in [0.25, 0.3) is 0 Å². The molecule has 1 aliphatic rings. The summed E-state index contributed by atoms with van der Waals surface area (Å²) < 4.78 is 0. The van der Waals surface area contributed by atoms with E-state index in [2.05, 4.69) is 55.6 Å². The van der Waals surface area contributed by atoms with Crippen molar-refractivity contribution in [3.63, 3.8) is 0 Å². The van der Waals surface area contributed by atoms with Crippen molar-refractivity contribution >= 4 is 15.9 Å². The second kappa shape index (κ2) is 6.56. The van der Waals surface area contributed by atoms with Gasteiger partial charge in [-0.3, -0.25) is 0 Å². The van der Waals surface area contributed by atoms with Crippen LogP contribution < -0.4 is 0 Å². The normalized spacial score (nSPS) is 28.4. The van der Waals surface area contributed by atoms with E-state index in [-0.39, 0.29) is 0 Å². The fraction of sp³-hybridized carbons (Fsp3) is 1.00. The summed E-state index contributed by atoms with van der Waals surface area (Å²) >= 11 is 3.69. The smallest absolute Gasteiger partial charge is 0.00948 e. The average Bonchev–Trinajstić information content (AvgIpc) is 2.23. The molecule has 102 valence electrons. The molecule has 1 nitrogen and oxygen atoms in total. The van der Waals surface area contributed by atoms with Gasteiger partial charge in [0.1, 0.15) is 0 Å². The Bertz CT molecular complexity index is 221. The predicted molar refractivity (Wildman–Crippen MR) is 80.8 cm³/mol. The Morgan fingerprint density at radius 3 is 2.41 bits per heavy atom. The lowest BCUT2D eigenvalue weighted by Crippen LogP contribution is -2.41. The third kappa shape index (κ3) is 4.90. The zero-order valence-electron chi connectivity index (χ0n) is 12.3. The molecule has 0 N–H and O–H groups in total. The van der Waals surface area contributed by atoms with E-state index < -0.39 is 0 Å². The summed E-state index contributed by atoms with van der Waals surface area (Å²) in [5.41, 5.74) is 0.401. The zero-order chi connectivity index (χ0) is 13.1. The highest BCUT2D eigenvalue weighted by Gasteiger charge is 2.28. The van der Waals surface area contributed by atoms with Crippen LogP contribution in [-0.4, -0.2) is 29.9 Å². The summed E-state index contributed by atoms with van der Waals surface area (Å²) in [6.07, 6.45) is 5.66. The Labute approximate surface area is 116 Å². The number of alkyl halides is 1. The second-order valence-electron chi connectivity index (χ2n) is 7.08. The van der Waals surface area contributed by atoms with Gasteiger partial charge < -0.3 is 4.90 Å². The van der Waals surface area contributed by atoms with Crippen LogP contribution >= 0.6 is 15.9 Å². The lowest BCUT2D eigenvalue weighted by molar-refractivity contribution is 0.115. The van der Waals surface area contributed by atoms with E-state index in [9.17, 15) is 0 Å². The Morgan fingerprint density at radius 1 is 1.29 bits per heavy atom. The quantitative estimate of drug-likeness (QED) is 0.689. The Kier molecular flexibility index (Phi) is 5.98. The van der Waals surface area contributed by atoms with Crippen LogP contribution in [-0.2, 0) is 0 Å². The molecule has 3 atom stereocenters. The first-order valence-corrected chi connectivity index (χ1v) is 8.23. The van der Waals surface area contributed by atoms with Crippen molar-refractivity contribution in [1.82, 2.24) is 4.90 Å². The van der Waals surface area contributed by atoms with Crippen molar-refractivity contribution in [1.29, 1.82) is 0 Å². The van der Waals surface area contributed by atoms with Gasteiger partial charge in [-0.05, 0) is 37.1 Å². The first kappa shape index (κ1) is 15.5. The molecule has 0 aromatic rings. The van der Waals surface area contributed by atoms with E-state index in [1.807, 2.05) is 0 Å². The fourth-order valence-corrected chi connectivity index (χ4v) is 4.03. The molecular formula is C15H30BrN. The van der Waals surface area contributed by atoms with Crippen LogP contribution in [0.5, 0.6) is 0 Å². The predicted octanol–water partition coefficient (Wildman–Crippen LogP) is 4.55. The van der Waals surface area contributed by atoms with Crippen molar-refractivity contribution in [3.05, 3.63) is 0 Å². The second-order valence-corrected chi connectivity index (χ2v) is 7.73. The van der Waals surface area contributed by atoms with Gasteiger partial charge in [0.2, 0.25) is 0 Å². The summed E-state index contributed by atoms with van der Waals surface area (Å²) in [4.78, 5) is 2.62. The molecule has 0 radical (unpaired) electrons. The molecule has 0 aliphatic heterocycles. The first-order chi connectivity index (χ1) is 7.84. The molecule has 1 fully saturated rings. The van der Waals surface area contributed by atoms with E-state index in [1.54, 1.807) is 0 Å². The molecule has 0 aromatic heterocycles. The lowest BCUT2D eigenvalue weighted by atomic mass is 9.80. The SMILES string of the molecule is CC1CCCC(N(C)CC(CBr)C(C)(C)C)C1. The van der Waals surface area contributed by atoms with E-state index in [1.165, 1.54) is 32.2 Å². The molecule has 0 aromatic carbocycles. The van der Waals surface area contributed by atoms with E-state index in [0.717, 1.165) is 23.2 Å². The summed E-state index contributed by atoms with van der Waals surface area (Å²) in [6.45, 7) is 10.7. The van der Waals surface area contributed by atoms with E-state index in [4.69, 9.17) is 0 Å². The minimum absolute atomic E-state index is 0.401. The maximum atomic E-state index is 3.69. The molecule has 0 saturated heterocycles. The highest BCUT2D eigenvalue weighted by molar-refractivity contribution is 9.09. The standard InChI is InChI=1S/C15H30BrN/c1-12-7-6-8-14(9-12)17(5)11-13(10-16)15(2,3)4/h12-14H,6-11H2,1-5H3. The third-order valence-electron chi connectivity index (χ3n) is 4.45. The van der Waals surface area contributed by atoms with Gasteiger partial charge in [0.25, 0.3) is 0 Å². The number of hydrogen-bond donors (Lipinski definition) is 0. The molecule has 1 aliphatic carbocycles. The largest absolute Gasteiger partial charge is 0.303 e. The third-order valence-corrected chi connectivity index (χ3v) is 5.23. The molecule has 0 heterocycles. The molecule has 0 bridgehead atoms. The van der Waals surface area contributed by atoms with Crippen LogP contribution in [0.2, 0.25) is 0 Å². The summed E-state index contributed by atoms with van der Waals surface area (Å²) in [5, 5.41) is 1.11. The minimum Gasteiger partial charge on any atom is -0.303 e. The van der Waals surface area contributed by atoms with Crippen molar-refractivity contribution in [3.8, 4) is 0 Å². The van der Waals surface area contributed by atoms with Crippen molar-refractivity contribution < 1.29 is 0 Å². The van der Waals surface area contributed by atoms with Gasteiger partial charge in [0, 0.05) is 17.9 Å². The van der Waals surface area contributed by atoms with Crippen LogP contribution in [0, 0.1) is 17.3 Å². The summed E-state index contributed by atoms with van der Waals surface area (Å²) in [5.74, 6) is 1.66. The minimum atomic E-state index is 0.401. The van der Waals surface area contributed by atoms with Crippen molar-refractivity contribution in [2.45, 2.75) is 59.4 Å². The molecular weight excluding hydrogens is 274 g/mol. The monoisotopic (exact) mass is 303 g/mol. The van der Waals surface area contributed by atoms with Crippen LogP contribution in [0.15, 0.2) is 0 Å². The van der Waals surface area contributed by atoms with E-state index >= 15 is 0 Å². The maximum Gasteiger partial charge on any atom is 0.00948 e. The number of rotatable bonds is 4. The molecule has 3 unspecified atom stereocenters. The van der Waals surface area contributed by atoms with Crippen LogP contribution in [0.3, 0.4) is 0 Å². The fourth-order valence-electron chi connectivity index (χ4n) is 2.85. The van der Waals surface area contributed by atoms with Crippen molar-refractivity contribution in [2.75, 3.05) is 18.9 Å². The zero-order valence-corrected chi connectivity index (χ0v) is 13.9. The highest BCUT2D eigenvalue weighted by Crippen LogP contribution is 2.31. The molecule has 1 saturated carbocycles. The number of halogens is 1. The van der Waals surface area contributed by atoms with Gasteiger partial charge in [0.15, 0.2) is 0 Å². The van der Waals surface area contributed by atoms with Crippen molar-refractivity contribution in [2.24, 2.45) is 17.3 Å². The van der Waals surface area contributed by atoms with Gasteiger partial charge in [-0.1, -0.05) is 56.5 Å². The molecule has 2 heteroatoms. The Balaban J connectivity index is 2.49. The van der Waals surface area contributed by atoms with E-state index in [0.29, 0.717) is 5.41 Å². The lowest BCUT2D eigenvalue weighted by Gasteiger charge is -2.39. The molecule has 17 heavy (non-hydrogen) atoms. The molecule has 1 rings (SSSR count). The Hall–Kier alpha value is 0.440. The van der Waals surface area contributed by atoms with Crippen LogP contribution in [0.1, 0.15) is 53.4 Å². The van der Waals surface area contributed by atoms with Gasteiger partial charge in [-0.15, -0.1) is 0 Å². The summed E-state index contributed by atoms with van der Waals surface area (Å²) in [6, 6.07) is 0.822. The van der Waals surface area contributed by atoms with Gasteiger partial charge >= 0.3 is 0 Å². The van der Waals surface area contributed by atoms with Crippen LogP contribution in [0.4, 0.5) is 0 Å². The average molecular weight is 304 g/mol. The number of hydrogen-bond acceptors (Lipinski definition) is 1. The van der Waals surface area contributed by atoms with Gasteiger partial charge in [-0.2, -0.15) is 0 Å². The topological polar surface area (TPSA) is 3.24 Å².